The highest BCUT2D eigenvalue weighted by atomic mass is 15.2. The van der Waals surface area contributed by atoms with E-state index in [4.69, 9.17) is 5.73 Å². The van der Waals surface area contributed by atoms with Gasteiger partial charge in [-0.25, -0.2) is 0 Å². The van der Waals surface area contributed by atoms with E-state index in [1.165, 1.54) is 31.2 Å². The molecule has 1 aromatic heterocycles. The molecule has 1 heterocycles. The second-order valence-electron chi connectivity index (χ2n) is 6.32. The van der Waals surface area contributed by atoms with Crippen LogP contribution in [0.4, 0.5) is 0 Å². The van der Waals surface area contributed by atoms with Gasteiger partial charge in [0.15, 0.2) is 0 Å². The van der Waals surface area contributed by atoms with Crippen LogP contribution in [0, 0.1) is 5.92 Å². The quantitative estimate of drug-likeness (QED) is 0.868. The Morgan fingerprint density at radius 3 is 2.75 bits per heavy atom. The normalized spacial score (nSPS) is 26.9. The molecule has 2 atom stereocenters. The first-order valence-corrected chi connectivity index (χ1v) is 8.04. The molecule has 0 amide bonds. The molecule has 1 fully saturated rings. The van der Waals surface area contributed by atoms with Gasteiger partial charge in [0.05, 0.1) is 0 Å². The van der Waals surface area contributed by atoms with E-state index < -0.39 is 0 Å². The Kier molecular flexibility index (Phi) is 5.55. The molecule has 0 saturated heterocycles. The van der Waals surface area contributed by atoms with Crippen molar-refractivity contribution in [1.82, 2.24) is 9.88 Å². The number of nitrogens with zero attached hydrogens (tertiary/aromatic N) is 2. The standard InChI is InChI=1S/C17H29N3/c1-3-20(12-8-16-6-10-19-11-7-16)17(14-18)9-4-5-15(2)13-17/h6-7,10-11,15H,3-5,8-9,12-14,18H2,1-2H3. The van der Waals surface area contributed by atoms with Gasteiger partial charge in [-0.2, -0.15) is 0 Å². The van der Waals surface area contributed by atoms with Crippen LogP contribution in [0.5, 0.6) is 0 Å². The van der Waals surface area contributed by atoms with Crippen LogP contribution in [-0.4, -0.2) is 35.1 Å². The Labute approximate surface area is 123 Å². The zero-order chi connectivity index (χ0) is 14.4. The number of hydrogen-bond acceptors (Lipinski definition) is 3. The predicted octanol–water partition coefficient (Wildman–Crippen LogP) is 2.85. The minimum Gasteiger partial charge on any atom is -0.329 e. The van der Waals surface area contributed by atoms with Gasteiger partial charge in [0.25, 0.3) is 0 Å². The van der Waals surface area contributed by atoms with E-state index in [-0.39, 0.29) is 5.54 Å². The molecule has 1 aliphatic carbocycles. The highest BCUT2D eigenvalue weighted by molar-refractivity contribution is 5.10. The maximum atomic E-state index is 6.19. The van der Waals surface area contributed by atoms with Crippen molar-refractivity contribution < 1.29 is 0 Å². The Morgan fingerprint density at radius 1 is 1.40 bits per heavy atom. The smallest absolute Gasteiger partial charge is 0.0334 e. The van der Waals surface area contributed by atoms with Gasteiger partial charge in [0, 0.05) is 31.0 Å². The summed E-state index contributed by atoms with van der Waals surface area (Å²) in [5, 5.41) is 0. The van der Waals surface area contributed by atoms with E-state index in [9.17, 15) is 0 Å². The molecule has 0 spiro atoms. The highest BCUT2D eigenvalue weighted by Gasteiger charge is 2.38. The molecule has 1 aliphatic rings. The zero-order valence-corrected chi connectivity index (χ0v) is 13.0. The third-order valence-electron chi connectivity index (χ3n) is 4.92. The molecule has 1 saturated carbocycles. The summed E-state index contributed by atoms with van der Waals surface area (Å²) in [7, 11) is 0. The molecule has 0 aliphatic heterocycles. The summed E-state index contributed by atoms with van der Waals surface area (Å²) in [6, 6.07) is 4.24. The summed E-state index contributed by atoms with van der Waals surface area (Å²) in [4.78, 5) is 6.72. The molecule has 0 radical (unpaired) electrons. The van der Waals surface area contributed by atoms with Crippen LogP contribution >= 0.6 is 0 Å². The summed E-state index contributed by atoms with van der Waals surface area (Å²) in [6.45, 7) is 7.63. The number of nitrogens with two attached hydrogens (primary N) is 1. The van der Waals surface area contributed by atoms with Gasteiger partial charge in [0.2, 0.25) is 0 Å². The van der Waals surface area contributed by atoms with Crippen molar-refractivity contribution in [2.75, 3.05) is 19.6 Å². The number of hydrogen-bond donors (Lipinski definition) is 1. The summed E-state index contributed by atoms with van der Waals surface area (Å²) in [5.74, 6) is 0.808. The summed E-state index contributed by atoms with van der Waals surface area (Å²) in [6.07, 6.45) is 10.1. The fraction of sp³-hybridized carbons (Fsp3) is 0.706. The zero-order valence-electron chi connectivity index (χ0n) is 13.0. The lowest BCUT2D eigenvalue weighted by Gasteiger charge is -2.47. The third kappa shape index (κ3) is 3.58. The fourth-order valence-corrected chi connectivity index (χ4v) is 3.78. The number of likely N-dealkylation sites (N-methyl/N-ethyl adjacent to an activating group) is 1. The van der Waals surface area contributed by atoms with Gasteiger partial charge in [-0.15, -0.1) is 0 Å². The number of aromatic nitrogens is 1. The summed E-state index contributed by atoms with van der Waals surface area (Å²) in [5.41, 5.74) is 7.80. The SMILES string of the molecule is CCN(CCc1ccncc1)C1(CN)CCCC(C)C1. The minimum absolute atomic E-state index is 0.236. The van der Waals surface area contributed by atoms with Crippen LogP contribution in [0.2, 0.25) is 0 Å². The molecule has 0 bridgehead atoms. The molecular weight excluding hydrogens is 246 g/mol. The van der Waals surface area contributed by atoms with Crippen LogP contribution < -0.4 is 5.73 Å². The first kappa shape index (κ1) is 15.5. The van der Waals surface area contributed by atoms with Gasteiger partial charge < -0.3 is 5.73 Å². The van der Waals surface area contributed by atoms with Crippen molar-refractivity contribution in [3.05, 3.63) is 30.1 Å². The molecule has 20 heavy (non-hydrogen) atoms. The average Bonchev–Trinajstić information content (AvgIpc) is 2.49. The second kappa shape index (κ2) is 7.19. The van der Waals surface area contributed by atoms with Gasteiger partial charge >= 0.3 is 0 Å². The molecule has 3 heteroatoms. The van der Waals surface area contributed by atoms with Crippen molar-refractivity contribution in [1.29, 1.82) is 0 Å². The second-order valence-corrected chi connectivity index (χ2v) is 6.32. The molecule has 3 nitrogen and oxygen atoms in total. The van der Waals surface area contributed by atoms with Crippen molar-refractivity contribution in [2.45, 2.75) is 51.5 Å². The highest BCUT2D eigenvalue weighted by Crippen LogP contribution is 2.36. The third-order valence-corrected chi connectivity index (χ3v) is 4.92. The maximum Gasteiger partial charge on any atom is 0.0334 e. The molecule has 0 aromatic carbocycles. The van der Waals surface area contributed by atoms with Crippen molar-refractivity contribution in [2.24, 2.45) is 11.7 Å². The summed E-state index contributed by atoms with van der Waals surface area (Å²) >= 11 is 0. The molecule has 2 N–H and O–H groups in total. The van der Waals surface area contributed by atoms with Gasteiger partial charge in [-0.1, -0.05) is 26.7 Å². The van der Waals surface area contributed by atoms with Crippen LogP contribution in [0.1, 0.15) is 45.1 Å². The van der Waals surface area contributed by atoms with Gasteiger partial charge in [0.1, 0.15) is 0 Å². The average molecular weight is 275 g/mol. The van der Waals surface area contributed by atoms with E-state index >= 15 is 0 Å². The maximum absolute atomic E-state index is 6.19. The van der Waals surface area contributed by atoms with Gasteiger partial charge in [-0.3, -0.25) is 9.88 Å². The molecule has 1 aromatic rings. The molecule has 2 rings (SSSR count). The van der Waals surface area contributed by atoms with Crippen LogP contribution in [-0.2, 0) is 6.42 Å². The molecule has 112 valence electrons. The van der Waals surface area contributed by atoms with E-state index in [0.717, 1.165) is 32.0 Å². The lowest BCUT2D eigenvalue weighted by molar-refractivity contribution is 0.0442. The lowest BCUT2D eigenvalue weighted by Crippen LogP contribution is -2.56. The Morgan fingerprint density at radius 2 is 2.15 bits per heavy atom. The van der Waals surface area contributed by atoms with Crippen LogP contribution in [0.15, 0.2) is 24.5 Å². The van der Waals surface area contributed by atoms with E-state index in [1.54, 1.807) is 0 Å². The van der Waals surface area contributed by atoms with Crippen molar-refractivity contribution >= 4 is 0 Å². The molecule has 2 unspecified atom stereocenters. The van der Waals surface area contributed by atoms with Crippen LogP contribution in [0.25, 0.3) is 0 Å². The van der Waals surface area contributed by atoms with Crippen LogP contribution in [0.3, 0.4) is 0 Å². The first-order chi connectivity index (χ1) is 9.70. The van der Waals surface area contributed by atoms with Crippen molar-refractivity contribution in [3.63, 3.8) is 0 Å². The largest absolute Gasteiger partial charge is 0.329 e. The molecular formula is C17H29N3. The number of pyridine rings is 1. The number of rotatable bonds is 6. The van der Waals surface area contributed by atoms with Crippen molar-refractivity contribution in [3.8, 4) is 0 Å². The monoisotopic (exact) mass is 275 g/mol. The minimum atomic E-state index is 0.236. The Hall–Kier alpha value is -0.930. The Balaban J connectivity index is 2.02. The van der Waals surface area contributed by atoms with E-state index in [0.29, 0.717) is 0 Å². The fourth-order valence-electron chi connectivity index (χ4n) is 3.78. The van der Waals surface area contributed by atoms with E-state index in [2.05, 4.69) is 35.9 Å². The first-order valence-electron chi connectivity index (χ1n) is 8.04. The topological polar surface area (TPSA) is 42.2 Å². The van der Waals surface area contributed by atoms with E-state index in [1.807, 2.05) is 12.4 Å². The lowest BCUT2D eigenvalue weighted by atomic mass is 9.75. The Bertz CT molecular complexity index is 392. The summed E-state index contributed by atoms with van der Waals surface area (Å²) < 4.78 is 0. The van der Waals surface area contributed by atoms with Gasteiger partial charge in [-0.05, 0) is 49.4 Å². The predicted molar refractivity (Wildman–Crippen MR) is 84.6 cm³/mol.